The van der Waals surface area contributed by atoms with E-state index < -0.39 is 0 Å². The predicted octanol–water partition coefficient (Wildman–Crippen LogP) is 1.88. The van der Waals surface area contributed by atoms with E-state index in [-0.39, 0.29) is 19.5 Å². The smallest absolute Gasteiger partial charge is 0.0757 e. The van der Waals surface area contributed by atoms with Crippen molar-refractivity contribution in [3.63, 3.8) is 0 Å². The van der Waals surface area contributed by atoms with Crippen LogP contribution in [-0.4, -0.2) is 30.7 Å². The second-order valence-corrected chi connectivity index (χ2v) is 2.61. The number of rotatable bonds is 4. The van der Waals surface area contributed by atoms with Crippen molar-refractivity contribution in [1.82, 2.24) is 0 Å². The second-order valence-electron chi connectivity index (χ2n) is 2.61. The van der Waals surface area contributed by atoms with Crippen LogP contribution < -0.4 is 0 Å². The van der Waals surface area contributed by atoms with Crippen LogP contribution >= 0.6 is 0 Å². The van der Waals surface area contributed by atoms with Gasteiger partial charge < -0.3 is 4.48 Å². The van der Waals surface area contributed by atoms with Gasteiger partial charge in [-0.1, -0.05) is 0 Å². The first-order valence-electron chi connectivity index (χ1n) is 4.09. The second kappa shape index (κ2) is 6.30. The zero-order chi connectivity index (χ0) is 7.33. The van der Waals surface area contributed by atoms with Gasteiger partial charge >= 0.3 is 0 Å². The molecule has 0 aliphatic carbocycles. The Hall–Kier alpha value is 0.583. The summed E-state index contributed by atoms with van der Waals surface area (Å²) in [6, 6.07) is 0. The molecule has 0 rings (SSSR count). The molecule has 0 aromatic carbocycles. The number of quaternary nitrogens is 1. The topological polar surface area (TPSA) is 0 Å². The molecular weight excluding hydrogens is 175 g/mol. The van der Waals surface area contributed by atoms with Crippen molar-refractivity contribution in [2.75, 3.05) is 26.2 Å². The molecule has 0 fully saturated rings. The first-order chi connectivity index (χ1) is 4.24. The Balaban J connectivity index is 0. The van der Waals surface area contributed by atoms with Gasteiger partial charge in [-0.05, 0) is 27.7 Å². The maximum Gasteiger partial charge on any atom is 0.0757 e. The summed E-state index contributed by atoms with van der Waals surface area (Å²) >= 11 is 0. The summed E-state index contributed by atoms with van der Waals surface area (Å²) in [6.07, 6.45) is 0. The van der Waals surface area contributed by atoms with E-state index in [0.717, 1.165) is 0 Å². The third kappa shape index (κ3) is 3.12. The summed E-state index contributed by atoms with van der Waals surface area (Å²) in [6.45, 7) is 14.2. The average Bonchev–Trinajstić information content (AvgIpc) is 1.95. The summed E-state index contributed by atoms with van der Waals surface area (Å²) < 4.78 is 1.28. The minimum Gasteiger partial charge on any atom is -0.325 e. The maximum absolute atomic E-state index is 2.27. The minimum absolute atomic E-state index is 0. The minimum atomic E-state index is 0. The van der Waals surface area contributed by atoms with Gasteiger partial charge in [0, 0.05) is 19.5 Å². The van der Waals surface area contributed by atoms with Crippen LogP contribution in [0.5, 0.6) is 0 Å². The Kier molecular flexibility index (Phi) is 8.32. The molecule has 0 bridgehead atoms. The van der Waals surface area contributed by atoms with Crippen LogP contribution in [0.4, 0.5) is 0 Å². The Morgan fingerprint density at radius 1 is 0.700 bits per heavy atom. The summed E-state index contributed by atoms with van der Waals surface area (Å²) in [5.74, 6) is 0. The van der Waals surface area contributed by atoms with Crippen molar-refractivity contribution in [3.8, 4) is 0 Å². The van der Waals surface area contributed by atoms with Gasteiger partial charge in [0.1, 0.15) is 0 Å². The van der Waals surface area contributed by atoms with Gasteiger partial charge in [-0.2, -0.15) is 0 Å². The van der Waals surface area contributed by atoms with E-state index in [1.165, 1.54) is 30.7 Å². The van der Waals surface area contributed by atoms with Crippen LogP contribution in [0.25, 0.3) is 0 Å². The van der Waals surface area contributed by atoms with Crippen molar-refractivity contribution < 1.29 is 24.0 Å². The Bertz CT molecular complexity index is 52.1. The molecule has 0 aromatic heterocycles. The maximum atomic E-state index is 2.27. The molecule has 0 unspecified atom stereocenters. The SMILES string of the molecule is CC[N+](CC)(CC)CC.[Zn]. The van der Waals surface area contributed by atoms with Crippen LogP contribution in [0.3, 0.4) is 0 Å². The normalized spacial score (nSPS) is 10.8. The van der Waals surface area contributed by atoms with Gasteiger partial charge in [-0.25, -0.2) is 0 Å². The monoisotopic (exact) mass is 194 g/mol. The first-order valence-corrected chi connectivity index (χ1v) is 4.09. The van der Waals surface area contributed by atoms with E-state index in [1.807, 2.05) is 0 Å². The van der Waals surface area contributed by atoms with Crippen LogP contribution in [0.2, 0.25) is 0 Å². The Morgan fingerprint density at radius 3 is 0.900 bits per heavy atom. The zero-order valence-corrected chi connectivity index (χ0v) is 10.9. The van der Waals surface area contributed by atoms with Gasteiger partial charge in [-0.3, -0.25) is 0 Å². The van der Waals surface area contributed by atoms with Crippen LogP contribution in [0.1, 0.15) is 27.7 Å². The molecule has 0 atom stereocenters. The number of hydrogen-bond acceptors (Lipinski definition) is 0. The molecule has 2 heteroatoms. The molecule has 0 aliphatic heterocycles. The molecule has 0 saturated carbocycles. The summed E-state index contributed by atoms with van der Waals surface area (Å²) in [5.41, 5.74) is 0. The van der Waals surface area contributed by atoms with Crippen molar-refractivity contribution >= 4 is 0 Å². The molecular formula is C8H20NZn+. The van der Waals surface area contributed by atoms with E-state index in [0.29, 0.717) is 0 Å². The summed E-state index contributed by atoms with van der Waals surface area (Å²) in [5, 5.41) is 0. The first kappa shape index (κ1) is 13.2. The van der Waals surface area contributed by atoms with Crippen LogP contribution in [-0.2, 0) is 19.5 Å². The number of nitrogens with zero attached hydrogens (tertiary/aromatic N) is 1. The average molecular weight is 196 g/mol. The molecule has 0 heterocycles. The zero-order valence-electron chi connectivity index (χ0n) is 7.98. The van der Waals surface area contributed by atoms with Gasteiger partial charge in [0.2, 0.25) is 0 Å². The molecule has 0 amide bonds. The van der Waals surface area contributed by atoms with Gasteiger partial charge in [-0.15, -0.1) is 0 Å². The molecule has 0 aromatic rings. The van der Waals surface area contributed by atoms with Gasteiger partial charge in [0.05, 0.1) is 26.2 Å². The van der Waals surface area contributed by atoms with Gasteiger partial charge in [0.15, 0.2) is 0 Å². The summed E-state index contributed by atoms with van der Waals surface area (Å²) in [4.78, 5) is 0. The largest absolute Gasteiger partial charge is 0.325 e. The van der Waals surface area contributed by atoms with Crippen molar-refractivity contribution in [2.24, 2.45) is 0 Å². The molecule has 0 spiro atoms. The fourth-order valence-corrected chi connectivity index (χ4v) is 1.34. The molecule has 1 nitrogen and oxygen atoms in total. The summed E-state index contributed by atoms with van der Waals surface area (Å²) in [7, 11) is 0. The van der Waals surface area contributed by atoms with E-state index >= 15 is 0 Å². The molecule has 0 N–H and O–H groups in total. The predicted molar refractivity (Wildman–Crippen MR) is 42.4 cm³/mol. The number of hydrogen-bond donors (Lipinski definition) is 0. The fourth-order valence-electron chi connectivity index (χ4n) is 1.34. The van der Waals surface area contributed by atoms with Crippen LogP contribution in [0, 0.1) is 0 Å². The third-order valence-electron chi connectivity index (χ3n) is 2.68. The van der Waals surface area contributed by atoms with Crippen molar-refractivity contribution in [2.45, 2.75) is 27.7 Å². The van der Waals surface area contributed by atoms with E-state index in [1.54, 1.807) is 0 Å². The van der Waals surface area contributed by atoms with E-state index in [4.69, 9.17) is 0 Å². The van der Waals surface area contributed by atoms with E-state index in [2.05, 4.69) is 27.7 Å². The quantitative estimate of drug-likeness (QED) is 0.475. The Labute approximate surface area is 78.1 Å². The Morgan fingerprint density at radius 2 is 0.900 bits per heavy atom. The van der Waals surface area contributed by atoms with Crippen molar-refractivity contribution in [3.05, 3.63) is 0 Å². The molecule has 58 valence electrons. The third-order valence-corrected chi connectivity index (χ3v) is 2.68. The fraction of sp³-hybridized carbons (Fsp3) is 1.00. The van der Waals surface area contributed by atoms with E-state index in [9.17, 15) is 0 Å². The molecule has 0 radical (unpaired) electrons. The standard InChI is InChI=1S/C8H20N.Zn/c1-5-9(6-2,7-3)8-4;/h5-8H2,1-4H3;/q+1;. The molecule has 10 heavy (non-hydrogen) atoms. The van der Waals surface area contributed by atoms with Crippen LogP contribution in [0.15, 0.2) is 0 Å². The molecule has 0 saturated heterocycles. The van der Waals surface area contributed by atoms with Crippen molar-refractivity contribution in [1.29, 1.82) is 0 Å². The van der Waals surface area contributed by atoms with Gasteiger partial charge in [0.25, 0.3) is 0 Å². The molecule has 0 aliphatic rings.